The van der Waals surface area contributed by atoms with E-state index in [4.69, 9.17) is 23.5 Å². The van der Waals surface area contributed by atoms with Gasteiger partial charge in [0.05, 0.1) is 34.0 Å². The van der Waals surface area contributed by atoms with Crippen LogP contribution in [0.1, 0.15) is 22.9 Å². The van der Waals surface area contributed by atoms with E-state index in [2.05, 4.69) is 5.16 Å². The number of hydrogen-bond acceptors (Lipinski definition) is 9. The van der Waals surface area contributed by atoms with Crippen LogP contribution in [0.5, 0.6) is 23.0 Å². The highest BCUT2D eigenvalue weighted by molar-refractivity contribution is 6.51. The van der Waals surface area contributed by atoms with Crippen LogP contribution in [0.4, 0.5) is 5.82 Å². The topological polar surface area (TPSA) is 121 Å². The number of Topliss-reactive ketones (excluding diaryl/α,β-unsaturated/α-hetero) is 1. The van der Waals surface area contributed by atoms with Crippen LogP contribution >= 0.6 is 0 Å². The zero-order chi connectivity index (χ0) is 25.3. The first-order chi connectivity index (χ1) is 16.9. The van der Waals surface area contributed by atoms with Crippen LogP contribution in [0.2, 0.25) is 0 Å². The molecule has 2 heterocycles. The molecular weight excluding hydrogens is 456 g/mol. The lowest BCUT2D eigenvalue weighted by Crippen LogP contribution is -2.30. The summed E-state index contributed by atoms with van der Waals surface area (Å²) < 4.78 is 26.7. The second-order valence-corrected chi connectivity index (χ2v) is 7.62. The molecule has 0 spiro atoms. The average molecular weight is 480 g/mol. The maximum atomic E-state index is 13.3. The summed E-state index contributed by atoms with van der Waals surface area (Å²) in [5.74, 6) is -0.153. The Morgan fingerprint density at radius 2 is 1.66 bits per heavy atom. The van der Waals surface area contributed by atoms with Gasteiger partial charge in [-0.1, -0.05) is 17.3 Å². The van der Waals surface area contributed by atoms with Crippen LogP contribution in [0.25, 0.3) is 5.76 Å². The van der Waals surface area contributed by atoms with E-state index in [0.717, 1.165) is 0 Å². The van der Waals surface area contributed by atoms with Gasteiger partial charge in [0.15, 0.2) is 28.8 Å². The van der Waals surface area contributed by atoms with Crippen molar-refractivity contribution >= 4 is 23.3 Å². The molecule has 1 atom stereocenters. The molecule has 1 saturated heterocycles. The van der Waals surface area contributed by atoms with Crippen LogP contribution in [-0.2, 0) is 9.59 Å². The van der Waals surface area contributed by atoms with Crippen molar-refractivity contribution in [3.63, 3.8) is 0 Å². The molecule has 1 aliphatic heterocycles. The lowest BCUT2D eigenvalue weighted by atomic mass is 9.94. The summed E-state index contributed by atoms with van der Waals surface area (Å²) in [6.07, 6.45) is 0. The molecule has 10 nitrogen and oxygen atoms in total. The summed E-state index contributed by atoms with van der Waals surface area (Å²) >= 11 is 0. The molecule has 0 bridgehead atoms. The molecule has 10 heteroatoms. The fourth-order valence-electron chi connectivity index (χ4n) is 4.10. The molecule has 1 aromatic heterocycles. The first-order valence-electron chi connectivity index (χ1n) is 10.5. The molecular formula is C25H24N2O8. The van der Waals surface area contributed by atoms with E-state index < -0.39 is 23.5 Å². The smallest absolute Gasteiger partial charge is 0.301 e. The molecule has 0 saturated carbocycles. The summed E-state index contributed by atoms with van der Waals surface area (Å²) in [7, 11) is 5.86. The first kappa shape index (κ1) is 23.7. The molecule has 1 amide bonds. The van der Waals surface area contributed by atoms with Gasteiger partial charge in [0.2, 0.25) is 0 Å². The number of methoxy groups -OCH3 is 4. The molecule has 1 aliphatic rings. The molecule has 0 radical (unpaired) electrons. The average Bonchev–Trinajstić information content (AvgIpc) is 3.42. The van der Waals surface area contributed by atoms with Gasteiger partial charge in [-0.2, -0.15) is 0 Å². The largest absolute Gasteiger partial charge is 0.507 e. The van der Waals surface area contributed by atoms with Crippen LogP contribution < -0.4 is 23.8 Å². The number of ether oxygens (including phenoxy) is 4. The Kier molecular flexibility index (Phi) is 6.37. The normalized spacial score (nSPS) is 16.9. The van der Waals surface area contributed by atoms with Crippen molar-refractivity contribution in [2.24, 2.45) is 0 Å². The Morgan fingerprint density at radius 3 is 2.26 bits per heavy atom. The molecule has 3 aromatic rings. The van der Waals surface area contributed by atoms with Crippen LogP contribution in [0.3, 0.4) is 0 Å². The molecule has 35 heavy (non-hydrogen) atoms. The number of nitrogens with zero attached hydrogens (tertiary/aromatic N) is 2. The van der Waals surface area contributed by atoms with Crippen molar-refractivity contribution in [1.82, 2.24) is 5.16 Å². The Morgan fingerprint density at radius 1 is 0.943 bits per heavy atom. The van der Waals surface area contributed by atoms with Gasteiger partial charge >= 0.3 is 5.91 Å². The van der Waals surface area contributed by atoms with Crippen molar-refractivity contribution in [2.45, 2.75) is 13.0 Å². The van der Waals surface area contributed by atoms with Gasteiger partial charge in [0, 0.05) is 17.2 Å². The molecule has 0 unspecified atom stereocenters. The molecule has 182 valence electrons. The van der Waals surface area contributed by atoms with E-state index in [1.165, 1.54) is 45.5 Å². The third kappa shape index (κ3) is 3.92. The second-order valence-electron chi connectivity index (χ2n) is 7.62. The molecule has 1 fully saturated rings. The second kappa shape index (κ2) is 9.41. The molecule has 4 rings (SSSR count). The van der Waals surface area contributed by atoms with Crippen molar-refractivity contribution in [2.75, 3.05) is 33.3 Å². The van der Waals surface area contributed by atoms with Crippen LogP contribution in [0, 0.1) is 6.92 Å². The first-order valence-corrected chi connectivity index (χ1v) is 10.5. The summed E-state index contributed by atoms with van der Waals surface area (Å²) in [4.78, 5) is 27.8. The maximum absolute atomic E-state index is 13.3. The number of aryl methyl sites for hydroxylation is 1. The number of aromatic nitrogens is 1. The minimum Gasteiger partial charge on any atom is -0.507 e. The minimum atomic E-state index is -1.09. The van der Waals surface area contributed by atoms with Gasteiger partial charge in [0.25, 0.3) is 5.78 Å². The number of anilines is 1. The number of ketones is 1. The Labute approximate surface area is 201 Å². The minimum absolute atomic E-state index is 0.117. The highest BCUT2D eigenvalue weighted by Gasteiger charge is 2.49. The molecule has 1 N–H and O–H groups in total. The Balaban J connectivity index is 2.00. The van der Waals surface area contributed by atoms with Crippen LogP contribution in [0.15, 0.2) is 52.6 Å². The predicted octanol–water partition coefficient (Wildman–Crippen LogP) is 3.64. The Hall–Kier alpha value is -4.47. The zero-order valence-electron chi connectivity index (χ0n) is 19.8. The van der Waals surface area contributed by atoms with Crippen LogP contribution in [-0.4, -0.2) is 50.4 Å². The summed E-state index contributed by atoms with van der Waals surface area (Å²) in [5.41, 5.74) is 0.506. The third-order valence-corrected chi connectivity index (χ3v) is 5.69. The van der Waals surface area contributed by atoms with Gasteiger partial charge in [0.1, 0.15) is 17.6 Å². The zero-order valence-corrected chi connectivity index (χ0v) is 19.8. The fraction of sp³-hybridized carbons (Fsp3) is 0.240. The molecule has 2 aromatic carbocycles. The number of hydrogen-bond donors (Lipinski definition) is 1. The number of carbonyl (C=O) groups excluding carboxylic acids is 2. The summed E-state index contributed by atoms with van der Waals surface area (Å²) in [6, 6.07) is 10.2. The Bertz CT molecular complexity index is 1330. The number of carbonyl (C=O) groups is 2. The molecule has 0 aliphatic carbocycles. The van der Waals surface area contributed by atoms with Crippen molar-refractivity contribution in [3.05, 3.63) is 64.9 Å². The summed E-state index contributed by atoms with van der Waals surface area (Å²) in [5, 5.41) is 15.3. The standard InChI is InChI=1S/C25H24N2O8/c1-13-11-19(26-35-13)27-21(15-7-6-8-17(32-3)24(15)34-5)20(23(29)25(27)30)22(28)14-9-10-16(31-2)18(12-14)33-4/h6-12,21,28H,1-5H3/t21-/m1/s1. The highest BCUT2D eigenvalue weighted by atomic mass is 16.5. The highest BCUT2D eigenvalue weighted by Crippen LogP contribution is 2.47. The van der Waals surface area contributed by atoms with Crippen molar-refractivity contribution in [3.8, 4) is 23.0 Å². The van der Waals surface area contributed by atoms with Gasteiger partial charge in [-0.3, -0.25) is 14.5 Å². The number of aliphatic hydroxyl groups is 1. The monoisotopic (exact) mass is 480 g/mol. The maximum Gasteiger partial charge on any atom is 0.301 e. The van der Waals surface area contributed by atoms with Gasteiger partial charge in [-0.25, -0.2) is 0 Å². The van der Waals surface area contributed by atoms with E-state index in [1.54, 1.807) is 37.3 Å². The van der Waals surface area contributed by atoms with Gasteiger partial charge in [-0.15, -0.1) is 0 Å². The number of rotatable bonds is 7. The van der Waals surface area contributed by atoms with Gasteiger partial charge < -0.3 is 28.6 Å². The van der Waals surface area contributed by atoms with E-state index in [0.29, 0.717) is 34.3 Å². The third-order valence-electron chi connectivity index (χ3n) is 5.69. The number of benzene rings is 2. The number of amides is 1. The lowest BCUT2D eigenvalue weighted by molar-refractivity contribution is -0.132. The fourth-order valence-corrected chi connectivity index (χ4v) is 4.10. The SMILES string of the molecule is COc1ccc(C(O)=C2C(=O)C(=O)N(c3cc(C)on3)[C@@H]2c2cccc(OC)c2OC)cc1OC. The quantitative estimate of drug-likeness (QED) is 0.307. The van der Waals surface area contributed by atoms with E-state index in [9.17, 15) is 14.7 Å². The van der Waals surface area contributed by atoms with E-state index in [-0.39, 0.29) is 17.0 Å². The number of aliphatic hydroxyl groups excluding tert-OH is 1. The van der Waals surface area contributed by atoms with E-state index in [1.807, 2.05) is 0 Å². The summed E-state index contributed by atoms with van der Waals surface area (Å²) in [6.45, 7) is 1.66. The predicted molar refractivity (Wildman–Crippen MR) is 125 cm³/mol. The van der Waals surface area contributed by atoms with E-state index >= 15 is 0 Å². The van der Waals surface area contributed by atoms with Gasteiger partial charge in [-0.05, 0) is 31.2 Å². The van der Waals surface area contributed by atoms with Crippen molar-refractivity contribution < 1.29 is 38.2 Å². The lowest BCUT2D eigenvalue weighted by Gasteiger charge is -2.25. The number of para-hydroxylation sites is 1. The van der Waals surface area contributed by atoms with Crippen molar-refractivity contribution in [1.29, 1.82) is 0 Å².